The highest BCUT2D eigenvalue weighted by atomic mass is 32.2. The molecule has 9 heavy (non-hydrogen) atoms. The van der Waals surface area contributed by atoms with Gasteiger partial charge in [0.05, 0.1) is 11.5 Å². The highest BCUT2D eigenvalue weighted by Crippen LogP contribution is 2.20. The lowest BCUT2D eigenvalue weighted by atomic mass is 10.1. The fourth-order valence-electron chi connectivity index (χ4n) is 1.19. The molecule has 0 aliphatic carbocycles. The Morgan fingerprint density at radius 1 is 1.56 bits per heavy atom. The van der Waals surface area contributed by atoms with Crippen molar-refractivity contribution in [3.05, 3.63) is 0 Å². The average molecular weight is 148 g/mol. The van der Waals surface area contributed by atoms with Crippen LogP contribution in [0, 0.1) is 5.92 Å². The smallest absolute Gasteiger partial charge is 0.150 e. The minimum Gasteiger partial charge on any atom is -0.229 e. The summed E-state index contributed by atoms with van der Waals surface area (Å²) in [5.41, 5.74) is 0. The van der Waals surface area contributed by atoms with E-state index in [4.69, 9.17) is 0 Å². The van der Waals surface area contributed by atoms with Crippen molar-refractivity contribution in [3.63, 3.8) is 0 Å². The molecule has 0 spiro atoms. The van der Waals surface area contributed by atoms with Crippen LogP contribution in [0.5, 0.6) is 0 Å². The van der Waals surface area contributed by atoms with Crippen LogP contribution in [-0.4, -0.2) is 19.9 Å². The van der Waals surface area contributed by atoms with Gasteiger partial charge in [-0.25, -0.2) is 8.42 Å². The summed E-state index contributed by atoms with van der Waals surface area (Å²) in [7, 11) is -2.61. The summed E-state index contributed by atoms with van der Waals surface area (Å²) in [5.74, 6) is 1.31. The molecular weight excluding hydrogens is 136 g/mol. The minimum absolute atomic E-state index is 0.422. The Morgan fingerprint density at radius 3 is 2.44 bits per heavy atom. The third-order valence-corrected chi connectivity index (χ3v) is 3.74. The van der Waals surface area contributed by atoms with E-state index in [-0.39, 0.29) is 0 Å². The summed E-state index contributed by atoms with van der Waals surface area (Å²) < 4.78 is 21.6. The summed E-state index contributed by atoms with van der Waals surface area (Å²) >= 11 is 0. The van der Waals surface area contributed by atoms with E-state index in [1.165, 1.54) is 0 Å². The Balaban J connectivity index is 2.58. The van der Waals surface area contributed by atoms with Gasteiger partial charge in [0.25, 0.3) is 0 Å². The van der Waals surface area contributed by atoms with Gasteiger partial charge >= 0.3 is 0 Å². The third-order valence-electron chi connectivity index (χ3n) is 1.90. The fraction of sp³-hybridized carbons (Fsp3) is 1.00. The molecule has 0 radical (unpaired) electrons. The van der Waals surface area contributed by atoms with Crippen molar-refractivity contribution in [3.8, 4) is 0 Å². The number of rotatable bonds is 1. The highest BCUT2D eigenvalue weighted by Gasteiger charge is 2.25. The monoisotopic (exact) mass is 148 g/mol. The Morgan fingerprint density at radius 2 is 2.22 bits per heavy atom. The van der Waals surface area contributed by atoms with Crippen molar-refractivity contribution >= 4 is 9.84 Å². The number of hydrogen-bond donors (Lipinski definition) is 0. The van der Waals surface area contributed by atoms with Gasteiger partial charge in [-0.3, -0.25) is 0 Å². The molecule has 1 aliphatic rings. The molecule has 0 bridgehead atoms. The lowest BCUT2D eigenvalue weighted by Gasteiger charge is -1.98. The molecule has 0 aromatic rings. The Hall–Kier alpha value is -0.0500. The first-order valence-corrected chi connectivity index (χ1v) is 5.16. The van der Waals surface area contributed by atoms with Crippen molar-refractivity contribution in [1.29, 1.82) is 0 Å². The van der Waals surface area contributed by atoms with Crippen molar-refractivity contribution in [2.24, 2.45) is 5.92 Å². The first kappa shape index (κ1) is 7.06. The van der Waals surface area contributed by atoms with E-state index in [1.807, 2.05) is 6.92 Å². The maximum absolute atomic E-state index is 10.8. The summed E-state index contributed by atoms with van der Waals surface area (Å²) in [5, 5.41) is 0. The third kappa shape index (κ3) is 1.68. The van der Waals surface area contributed by atoms with Gasteiger partial charge in [0.15, 0.2) is 9.84 Å². The molecule has 54 valence electrons. The summed E-state index contributed by atoms with van der Waals surface area (Å²) in [4.78, 5) is 0. The largest absolute Gasteiger partial charge is 0.229 e. The van der Waals surface area contributed by atoms with Gasteiger partial charge in [-0.05, 0) is 12.3 Å². The summed E-state index contributed by atoms with van der Waals surface area (Å²) in [6.07, 6.45) is 1.90. The summed E-state index contributed by atoms with van der Waals surface area (Å²) in [6.45, 7) is 2.05. The van der Waals surface area contributed by atoms with Crippen LogP contribution in [0.3, 0.4) is 0 Å². The number of hydrogen-bond acceptors (Lipinski definition) is 2. The lowest BCUT2D eigenvalue weighted by molar-refractivity contribution is 0.570. The second kappa shape index (κ2) is 2.29. The predicted octanol–water partition coefficient (Wildman–Crippen LogP) is 0.831. The highest BCUT2D eigenvalue weighted by molar-refractivity contribution is 7.91. The molecule has 1 fully saturated rings. The quantitative estimate of drug-likeness (QED) is 0.552. The fourth-order valence-corrected chi connectivity index (χ4v) is 3.17. The molecule has 1 atom stereocenters. The van der Waals surface area contributed by atoms with E-state index in [9.17, 15) is 8.42 Å². The van der Waals surface area contributed by atoms with Crippen LogP contribution in [0.25, 0.3) is 0 Å². The molecule has 0 aromatic heterocycles. The first-order valence-electron chi connectivity index (χ1n) is 3.34. The van der Waals surface area contributed by atoms with Gasteiger partial charge in [-0.2, -0.15) is 0 Å². The van der Waals surface area contributed by atoms with E-state index >= 15 is 0 Å². The van der Waals surface area contributed by atoms with E-state index in [0.29, 0.717) is 17.4 Å². The maximum atomic E-state index is 10.8. The zero-order valence-electron chi connectivity index (χ0n) is 5.63. The normalized spacial score (nSPS) is 32.8. The molecule has 0 amide bonds. The van der Waals surface area contributed by atoms with E-state index in [2.05, 4.69) is 0 Å². The van der Waals surface area contributed by atoms with Crippen LogP contribution in [0.1, 0.15) is 19.8 Å². The van der Waals surface area contributed by atoms with Crippen molar-refractivity contribution in [2.75, 3.05) is 11.5 Å². The summed E-state index contributed by atoms with van der Waals surface area (Å²) in [6, 6.07) is 0. The first-order chi connectivity index (χ1) is 4.14. The molecule has 1 unspecified atom stereocenters. The van der Waals surface area contributed by atoms with Gasteiger partial charge in [0.1, 0.15) is 0 Å². The molecule has 0 N–H and O–H groups in total. The SMILES string of the molecule is CCC1CCS(=O)(=O)C1. The Labute approximate surface area is 56.2 Å². The van der Waals surface area contributed by atoms with Crippen LogP contribution < -0.4 is 0 Å². The zero-order chi connectivity index (χ0) is 6.91. The van der Waals surface area contributed by atoms with Crippen LogP contribution in [0.4, 0.5) is 0 Å². The second-order valence-electron chi connectivity index (χ2n) is 2.68. The minimum atomic E-state index is -2.61. The molecule has 1 saturated heterocycles. The molecule has 0 aromatic carbocycles. The lowest BCUT2D eigenvalue weighted by Crippen LogP contribution is -2.03. The molecule has 2 nitrogen and oxygen atoms in total. The van der Waals surface area contributed by atoms with Gasteiger partial charge in [0.2, 0.25) is 0 Å². The zero-order valence-corrected chi connectivity index (χ0v) is 6.45. The molecule has 1 aliphatic heterocycles. The molecule has 3 heteroatoms. The van der Waals surface area contributed by atoms with E-state index in [1.54, 1.807) is 0 Å². The van der Waals surface area contributed by atoms with Crippen LogP contribution in [0.2, 0.25) is 0 Å². The van der Waals surface area contributed by atoms with Crippen LogP contribution in [0.15, 0.2) is 0 Å². The average Bonchev–Trinajstić information content (AvgIpc) is 2.10. The molecule has 1 rings (SSSR count). The Bertz CT molecular complexity index is 181. The van der Waals surface area contributed by atoms with Crippen LogP contribution in [-0.2, 0) is 9.84 Å². The maximum Gasteiger partial charge on any atom is 0.150 e. The second-order valence-corrected chi connectivity index (χ2v) is 4.91. The number of sulfone groups is 1. The molecule has 0 saturated carbocycles. The van der Waals surface area contributed by atoms with Crippen molar-refractivity contribution in [1.82, 2.24) is 0 Å². The topological polar surface area (TPSA) is 34.1 Å². The van der Waals surface area contributed by atoms with E-state index < -0.39 is 9.84 Å². The van der Waals surface area contributed by atoms with Gasteiger partial charge in [-0.1, -0.05) is 13.3 Å². The Kier molecular flexibility index (Phi) is 1.80. The van der Waals surface area contributed by atoms with Gasteiger partial charge < -0.3 is 0 Å². The molecular formula is C6H12O2S. The van der Waals surface area contributed by atoms with Gasteiger partial charge in [-0.15, -0.1) is 0 Å². The van der Waals surface area contributed by atoms with Crippen molar-refractivity contribution in [2.45, 2.75) is 19.8 Å². The van der Waals surface area contributed by atoms with Crippen molar-refractivity contribution < 1.29 is 8.42 Å². The van der Waals surface area contributed by atoms with E-state index in [0.717, 1.165) is 12.8 Å². The van der Waals surface area contributed by atoms with Crippen LogP contribution >= 0.6 is 0 Å². The van der Waals surface area contributed by atoms with Gasteiger partial charge in [0, 0.05) is 0 Å². The predicted molar refractivity (Wildman–Crippen MR) is 37.1 cm³/mol. The standard InChI is InChI=1S/C6H12O2S/c1-2-6-3-4-9(7,8)5-6/h6H,2-5H2,1H3. The molecule has 1 heterocycles.